The molecule has 3 N–H and O–H groups in total. The number of hydrogen-bond acceptors (Lipinski definition) is 10. The molecule has 1 aromatic heterocycles. The van der Waals surface area contributed by atoms with Crippen molar-refractivity contribution in [2.24, 2.45) is 0 Å². The third-order valence-electron chi connectivity index (χ3n) is 7.32. The molecule has 0 atom stereocenters. The summed E-state index contributed by atoms with van der Waals surface area (Å²) in [7, 11) is 1.34. The third kappa shape index (κ3) is 3.87. The molecule has 4 fully saturated rings. The highest BCUT2D eigenvalue weighted by Crippen LogP contribution is 2.65. The SMILES string of the molecule is COc1ncnc(NC23CC(N4CCOCC4)(C2)C3)c1C(=O)Nc1cc2c(cc1C(=O)O)OC(F)(F)O2. The smallest absolute Gasteiger partial charge is 0.480 e. The number of carbonyl (C=O) groups is 2. The minimum atomic E-state index is -3.95. The van der Waals surface area contributed by atoms with Crippen LogP contribution in [0.2, 0.25) is 0 Å². The number of carbonyl (C=O) groups excluding carboxylic acids is 1. The van der Waals surface area contributed by atoms with Crippen LogP contribution in [0.4, 0.5) is 20.3 Å². The number of carboxylic acids is 1. The number of nitrogens with one attached hydrogen (secondary N) is 2. The molecule has 3 heterocycles. The van der Waals surface area contributed by atoms with Crippen molar-refractivity contribution in [2.75, 3.05) is 44.0 Å². The minimum absolute atomic E-state index is 0.0337. The molecule has 3 aliphatic carbocycles. The van der Waals surface area contributed by atoms with Gasteiger partial charge in [-0.3, -0.25) is 9.69 Å². The summed E-state index contributed by atoms with van der Waals surface area (Å²) in [5.41, 5.74) is -0.892. The Balaban J connectivity index is 1.25. The third-order valence-corrected chi connectivity index (χ3v) is 7.32. The maximum Gasteiger partial charge on any atom is 0.586 e. The lowest BCUT2D eigenvalue weighted by Gasteiger charge is -2.74. The first-order chi connectivity index (χ1) is 17.6. The number of benzene rings is 1. The molecule has 37 heavy (non-hydrogen) atoms. The van der Waals surface area contributed by atoms with Gasteiger partial charge < -0.3 is 34.7 Å². The van der Waals surface area contributed by atoms with Crippen molar-refractivity contribution in [2.45, 2.75) is 36.6 Å². The second-order valence-corrected chi connectivity index (χ2v) is 9.64. The van der Waals surface area contributed by atoms with E-state index in [2.05, 4.69) is 35.0 Å². The molecule has 5 aliphatic rings. The Morgan fingerprint density at radius 2 is 1.78 bits per heavy atom. The lowest BCUT2D eigenvalue weighted by Crippen LogP contribution is -2.82. The number of aromatic carboxylic acids is 1. The Labute approximate surface area is 208 Å². The molecule has 2 aliphatic heterocycles. The van der Waals surface area contributed by atoms with E-state index in [1.165, 1.54) is 13.4 Å². The number of aromatic nitrogens is 2. The van der Waals surface area contributed by atoms with Gasteiger partial charge in [0.1, 0.15) is 17.7 Å². The number of amides is 1. The Morgan fingerprint density at radius 3 is 2.43 bits per heavy atom. The van der Waals surface area contributed by atoms with E-state index in [4.69, 9.17) is 9.47 Å². The number of halogens is 2. The fourth-order valence-electron chi connectivity index (χ4n) is 5.78. The predicted molar refractivity (Wildman–Crippen MR) is 121 cm³/mol. The number of methoxy groups -OCH3 is 1. The summed E-state index contributed by atoms with van der Waals surface area (Å²) in [5, 5.41) is 15.4. The Morgan fingerprint density at radius 1 is 1.11 bits per heavy atom. The fourth-order valence-corrected chi connectivity index (χ4v) is 5.78. The predicted octanol–water partition coefficient (Wildman–Crippen LogP) is 2.18. The van der Waals surface area contributed by atoms with Crippen LogP contribution in [0.5, 0.6) is 17.4 Å². The van der Waals surface area contributed by atoms with E-state index in [-0.39, 0.29) is 34.0 Å². The van der Waals surface area contributed by atoms with Crippen LogP contribution in [0.25, 0.3) is 0 Å². The summed E-state index contributed by atoms with van der Waals surface area (Å²) in [6.45, 7) is 3.20. The molecular formula is C23H23F2N5O7. The maximum atomic E-state index is 13.5. The second-order valence-electron chi connectivity index (χ2n) is 9.64. The average Bonchev–Trinajstić information content (AvgIpc) is 3.12. The molecule has 0 radical (unpaired) electrons. The number of morpholine rings is 1. The Bertz CT molecular complexity index is 1280. The first kappa shape index (κ1) is 23.6. The van der Waals surface area contributed by atoms with Gasteiger partial charge in [-0.15, -0.1) is 8.78 Å². The number of nitrogens with zero attached hydrogens (tertiary/aromatic N) is 3. The standard InChI is InChI=1S/C23H23F2N5O7/c1-34-19-16(18(31)28-13-7-15-14(6-12(13)20(32)33)36-23(24,25)37-15)17(26-11-27-19)29-21-8-22(9-21,10-21)30-2-4-35-5-3-30/h6-7,11H,2-5,8-10H2,1H3,(H,28,31)(H,32,33)(H,26,27,29). The zero-order valence-electron chi connectivity index (χ0n) is 19.7. The van der Waals surface area contributed by atoms with E-state index in [0.717, 1.165) is 44.5 Å². The van der Waals surface area contributed by atoms with Crippen molar-refractivity contribution in [3.8, 4) is 17.4 Å². The summed E-state index contributed by atoms with van der Waals surface area (Å²) < 4.78 is 46.5. The lowest BCUT2D eigenvalue weighted by molar-refractivity contribution is -0.286. The van der Waals surface area contributed by atoms with Gasteiger partial charge in [0.15, 0.2) is 11.5 Å². The van der Waals surface area contributed by atoms with Crippen molar-refractivity contribution in [3.05, 3.63) is 29.6 Å². The average molecular weight is 519 g/mol. The van der Waals surface area contributed by atoms with E-state index >= 15 is 0 Å². The van der Waals surface area contributed by atoms with Crippen molar-refractivity contribution in [1.82, 2.24) is 14.9 Å². The highest BCUT2D eigenvalue weighted by atomic mass is 19.3. The van der Waals surface area contributed by atoms with Crippen LogP contribution >= 0.6 is 0 Å². The topological polar surface area (TPSA) is 144 Å². The molecule has 2 aromatic rings. The van der Waals surface area contributed by atoms with E-state index in [9.17, 15) is 23.5 Å². The summed E-state index contributed by atoms with van der Waals surface area (Å²) in [5.74, 6) is -2.93. The monoisotopic (exact) mass is 519 g/mol. The zero-order valence-corrected chi connectivity index (χ0v) is 19.7. The van der Waals surface area contributed by atoms with E-state index in [0.29, 0.717) is 13.2 Å². The Kier molecular flexibility index (Phi) is 5.18. The highest BCUT2D eigenvalue weighted by molar-refractivity contribution is 6.11. The molecule has 12 nitrogen and oxygen atoms in total. The van der Waals surface area contributed by atoms with Gasteiger partial charge in [0.25, 0.3) is 5.91 Å². The summed E-state index contributed by atoms with van der Waals surface area (Å²) in [6, 6.07) is 1.83. The zero-order chi connectivity index (χ0) is 26.0. The van der Waals surface area contributed by atoms with Crippen LogP contribution in [0, 0.1) is 0 Å². The number of fused-ring (bicyclic) bond motifs is 1. The van der Waals surface area contributed by atoms with Crippen LogP contribution in [-0.2, 0) is 4.74 Å². The van der Waals surface area contributed by atoms with Crippen LogP contribution in [-0.4, -0.2) is 82.6 Å². The van der Waals surface area contributed by atoms with Gasteiger partial charge in [-0.2, -0.15) is 0 Å². The molecule has 1 amide bonds. The molecule has 1 saturated heterocycles. The van der Waals surface area contributed by atoms with E-state index < -0.39 is 35.2 Å². The number of carboxylic acid groups (broad SMARTS) is 1. The molecule has 7 rings (SSSR count). The van der Waals surface area contributed by atoms with Gasteiger partial charge in [0, 0.05) is 36.3 Å². The molecule has 0 spiro atoms. The normalized spacial score (nSPS) is 27.0. The van der Waals surface area contributed by atoms with Crippen LogP contribution < -0.4 is 24.8 Å². The molecule has 1 aromatic carbocycles. The largest absolute Gasteiger partial charge is 0.586 e. The van der Waals surface area contributed by atoms with Gasteiger partial charge in [0.2, 0.25) is 5.88 Å². The second kappa shape index (κ2) is 8.11. The number of ether oxygens (including phenoxy) is 4. The van der Waals surface area contributed by atoms with Crippen LogP contribution in [0.1, 0.15) is 40.0 Å². The Hall–Kier alpha value is -3.78. The van der Waals surface area contributed by atoms with Crippen molar-refractivity contribution in [1.29, 1.82) is 0 Å². The lowest BCUT2D eigenvalue weighted by atomic mass is 9.43. The molecule has 0 unspecified atom stereocenters. The van der Waals surface area contributed by atoms with Crippen LogP contribution in [0.3, 0.4) is 0 Å². The first-order valence-corrected chi connectivity index (χ1v) is 11.6. The van der Waals surface area contributed by atoms with Crippen molar-refractivity contribution in [3.63, 3.8) is 0 Å². The molecular weight excluding hydrogens is 496 g/mol. The summed E-state index contributed by atoms with van der Waals surface area (Å²) >= 11 is 0. The quantitative estimate of drug-likeness (QED) is 0.495. The molecule has 14 heteroatoms. The van der Waals surface area contributed by atoms with E-state index in [1.54, 1.807) is 0 Å². The van der Waals surface area contributed by atoms with Crippen molar-refractivity contribution >= 4 is 23.4 Å². The first-order valence-electron chi connectivity index (χ1n) is 11.6. The maximum absolute atomic E-state index is 13.5. The van der Waals surface area contributed by atoms with Gasteiger partial charge in [-0.1, -0.05) is 0 Å². The van der Waals surface area contributed by atoms with Crippen LogP contribution in [0.15, 0.2) is 18.5 Å². The van der Waals surface area contributed by atoms with Gasteiger partial charge >= 0.3 is 12.3 Å². The fraction of sp³-hybridized carbons (Fsp3) is 0.478. The molecule has 3 saturated carbocycles. The minimum Gasteiger partial charge on any atom is -0.480 e. The number of anilines is 2. The molecule has 196 valence electrons. The van der Waals surface area contributed by atoms with Gasteiger partial charge in [-0.25, -0.2) is 14.8 Å². The summed E-state index contributed by atoms with van der Waals surface area (Å²) in [6.07, 6.45) is -0.0468. The highest BCUT2D eigenvalue weighted by Gasteiger charge is 2.70. The van der Waals surface area contributed by atoms with Crippen molar-refractivity contribution < 1.29 is 42.4 Å². The number of hydrogen-bond donors (Lipinski definition) is 3. The number of rotatable bonds is 7. The van der Waals surface area contributed by atoms with Gasteiger partial charge in [-0.05, 0) is 19.3 Å². The molecule has 2 bridgehead atoms. The number of alkyl halides is 2. The summed E-state index contributed by atoms with van der Waals surface area (Å²) in [4.78, 5) is 35.9. The van der Waals surface area contributed by atoms with E-state index in [1.807, 2.05) is 0 Å². The van der Waals surface area contributed by atoms with Gasteiger partial charge in [0.05, 0.1) is 31.6 Å².